The van der Waals surface area contributed by atoms with E-state index in [0.29, 0.717) is 6.42 Å². The standard InChI is InChI=1S/C14H20N4O/c1-10-8-12(3)17(15-10)7-5-6-14(19)18-13(4)9-11(2)16-18/h8-9H,5-7H2,1-4H3. The van der Waals surface area contributed by atoms with E-state index < -0.39 is 0 Å². The number of carbonyl (C=O) groups excluding carboxylic acids is 1. The van der Waals surface area contributed by atoms with E-state index in [1.807, 2.05) is 44.5 Å². The van der Waals surface area contributed by atoms with Crippen molar-refractivity contribution in [2.45, 2.75) is 47.1 Å². The van der Waals surface area contributed by atoms with E-state index in [4.69, 9.17) is 0 Å². The van der Waals surface area contributed by atoms with Crippen molar-refractivity contribution < 1.29 is 4.79 Å². The van der Waals surface area contributed by atoms with Crippen LogP contribution in [0, 0.1) is 27.7 Å². The van der Waals surface area contributed by atoms with Crippen LogP contribution < -0.4 is 0 Å². The first-order valence-corrected chi connectivity index (χ1v) is 6.55. The second-order valence-corrected chi connectivity index (χ2v) is 4.99. The van der Waals surface area contributed by atoms with Gasteiger partial charge in [0.25, 0.3) is 0 Å². The fourth-order valence-electron chi connectivity index (χ4n) is 2.27. The fourth-order valence-corrected chi connectivity index (χ4v) is 2.27. The van der Waals surface area contributed by atoms with Crippen molar-refractivity contribution in [2.24, 2.45) is 0 Å². The first-order chi connectivity index (χ1) is 8.97. The molecule has 0 aliphatic carbocycles. The monoisotopic (exact) mass is 260 g/mol. The molecule has 0 saturated carbocycles. The van der Waals surface area contributed by atoms with Crippen LogP contribution in [0.5, 0.6) is 0 Å². The van der Waals surface area contributed by atoms with Gasteiger partial charge in [-0.1, -0.05) is 0 Å². The average Bonchev–Trinajstić information content (AvgIpc) is 2.81. The van der Waals surface area contributed by atoms with E-state index >= 15 is 0 Å². The maximum Gasteiger partial charge on any atom is 0.247 e. The van der Waals surface area contributed by atoms with Crippen LogP contribution in [0.3, 0.4) is 0 Å². The highest BCUT2D eigenvalue weighted by molar-refractivity contribution is 5.78. The Morgan fingerprint density at radius 3 is 2.21 bits per heavy atom. The highest BCUT2D eigenvalue weighted by Gasteiger charge is 2.10. The molecule has 5 nitrogen and oxygen atoms in total. The Balaban J connectivity index is 1.91. The van der Waals surface area contributed by atoms with Gasteiger partial charge in [0.15, 0.2) is 0 Å². The number of nitrogens with zero attached hydrogens (tertiary/aromatic N) is 4. The van der Waals surface area contributed by atoms with Crippen LogP contribution in [0.15, 0.2) is 12.1 Å². The zero-order chi connectivity index (χ0) is 14.0. The van der Waals surface area contributed by atoms with Gasteiger partial charge < -0.3 is 0 Å². The SMILES string of the molecule is Cc1cc(C)n(CCCC(=O)n2nc(C)cc2C)n1. The molecule has 0 aromatic carbocycles. The topological polar surface area (TPSA) is 52.7 Å². The molecule has 0 fully saturated rings. The molecule has 2 aromatic rings. The van der Waals surface area contributed by atoms with Crippen LogP contribution in [0.25, 0.3) is 0 Å². The molecule has 2 aromatic heterocycles. The third-order valence-electron chi connectivity index (χ3n) is 3.11. The lowest BCUT2D eigenvalue weighted by atomic mass is 10.3. The zero-order valence-corrected chi connectivity index (χ0v) is 12.0. The summed E-state index contributed by atoms with van der Waals surface area (Å²) in [4.78, 5) is 12.0. The van der Waals surface area contributed by atoms with Gasteiger partial charge >= 0.3 is 0 Å². The molecule has 0 unspecified atom stereocenters. The van der Waals surface area contributed by atoms with Crippen LogP contribution in [0.4, 0.5) is 0 Å². The van der Waals surface area contributed by atoms with Crippen LogP contribution in [-0.2, 0) is 6.54 Å². The van der Waals surface area contributed by atoms with E-state index in [1.165, 1.54) is 4.68 Å². The maximum absolute atomic E-state index is 12.0. The van der Waals surface area contributed by atoms with Crippen LogP contribution in [-0.4, -0.2) is 25.5 Å². The Kier molecular flexibility index (Phi) is 3.83. The average molecular weight is 260 g/mol. The van der Waals surface area contributed by atoms with E-state index in [9.17, 15) is 4.79 Å². The molecule has 0 aliphatic heterocycles. The van der Waals surface area contributed by atoms with Gasteiger partial charge in [-0.15, -0.1) is 0 Å². The molecular weight excluding hydrogens is 240 g/mol. The molecule has 0 aliphatic rings. The summed E-state index contributed by atoms with van der Waals surface area (Å²) in [6.45, 7) is 8.57. The minimum absolute atomic E-state index is 0.0483. The van der Waals surface area contributed by atoms with Crippen molar-refractivity contribution in [2.75, 3.05) is 0 Å². The highest BCUT2D eigenvalue weighted by atomic mass is 16.2. The van der Waals surface area contributed by atoms with Crippen molar-refractivity contribution in [3.05, 3.63) is 34.9 Å². The molecule has 102 valence electrons. The molecule has 0 bridgehead atoms. The fraction of sp³-hybridized carbons (Fsp3) is 0.500. The molecule has 0 spiro atoms. The van der Waals surface area contributed by atoms with E-state index in [0.717, 1.165) is 35.7 Å². The molecular formula is C14H20N4O. The van der Waals surface area contributed by atoms with E-state index in [2.05, 4.69) is 10.2 Å². The minimum atomic E-state index is 0.0483. The summed E-state index contributed by atoms with van der Waals surface area (Å²) >= 11 is 0. The Morgan fingerprint density at radius 1 is 1.05 bits per heavy atom. The number of aromatic nitrogens is 4. The summed E-state index contributed by atoms with van der Waals surface area (Å²) in [6, 6.07) is 3.96. The molecule has 2 heterocycles. The van der Waals surface area contributed by atoms with Crippen molar-refractivity contribution >= 4 is 5.91 Å². The van der Waals surface area contributed by atoms with Gasteiger partial charge in [-0.3, -0.25) is 9.48 Å². The van der Waals surface area contributed by atoms with E-state index in [1.54, 1.807) is 0 Å². The van der Waals surface area contributed by atoms with Gasteiger partial charge in [0, 0.05) is 24.4 Å². The lowest BCUT2D eigenvalue weighted by Crippen LogP contribution is -2.15. The number of rotatable bonds is 4. The van der Waals surface area contributed by atoms with Crippen LogP contribution in [0.1, 0.15) is 40.4 Å². The molecule has 0 N–H and O–H groups in total. The van der Waals surface area contributed by atoms with Crippen LogP contribution >= 0.6 is 0 Å². The largest absolute Gasteiger partial charge is 0.273 e. The third-order valence-corrected chi connectivity index (χ3v) is 3.11. The number of carbonyl (C=O) groups is 1. The van der Waals surface area contributed by atoms with Gasteiger partial charge in [-0.2, -0.15) is 10.2 Å². The molecule has 5 heteroatoms. The van der Waals surface area contributed by atoms with Gasteiger partial charge in [0.1, 0.15) is 0 Å². The summed E-state index contributed by atoms with van der Waals surface area (Å²) in [6.07, 6.45) is 1.26. The number of hydrogen-bond donors (Lipinski definition) is 0. The first kappa shape index (κ1) is 13.5. The first-order valence-electron chi connectivity index (χ1n) is 6.55. The predicted molar refractivity (Wildman–Crippen MR) is 73.3 cm³/mol. The van der Waals surface area contributed by atoms with Gasteiger partial charge in [-0.05, 0) is 46.2 Å². The predicted octanol–water partition coefficient (Wildman–Crippen LogP) is 2.43. The Bertz CT molecular complexity index is 595. The summed E-state index contributed by atoms with van der Waals surface area (Å²) in [5.74, 6) is 0.0483. The molecule has 0 amide bonds. The Hall–Kier alpha value is -1.91. The summed E-state index contributed by atoms with van der Waals surface area (Å²) in [7, 11) is 0. The van der Waals surface area contributed by atoms with Gasteiger partial charge in [0.2, 0.25) is 5.91 Å². The van der Waals surface area contributed by atoms with Crippen molar-refractivity contribution in [1.29, 1.82) is 0 Å². The summed E-state index contributed by atoms with van der Waals surface area (Å²) in [5.41, 5.74) is 3.93. The smallest absolute Gasteiger partial charge is 0.247 e. The normalized spacial score (nSPS) is 10.9. The summed E-state index contributed by atoms with van der Waals surface area (Å²) < 4.78 is 3.44. The lowest BCUT2D eigenvalue weighted by Gasteiger charge is -2.05. The second-order valence-electron chi connectivity index (χ2n) is 4.99. The van der Waals surface area contributed by atoms with Gasteiger partial charge in [0.05, 0.1) is 11.4 Å². The van der Waals surface area contributed by atoms with E-state index in [-0.39, 0.29) is 5.91 Å². The van der Waals surface area contributed by atoms with Crippen molar-refractivity contribution in [3.8, 4) is 0 Å². The maximum atomic E-state index is 12.0. The molecule has 19 heavy (non-hydrogen) atoms. The quantitative estimate of drug-likeness (QED) is 0.848. The van der Waals surface area contributed by atoms with Crippen molar-refractivity contribution in [3.63, 3.8) is 0 Å². The Morgan fingerprint density at radius 2 is 1.68 bits per heavy atom. The minimum Gasteiger partial charge on any atom is -0.273 e. The van der Waals surface area contributed by atoms with Gasteiger partial charge in [-0.25, -0.2) is 4.68 Å². The summed E-state index contributed by atoms with van der Waals surface area (Å²) in [5, 5.41) is 8.59. The molecule has 0 atom stereocenters. The lowest BCUT2D eigenvalue weighted by molar-refractivity contribution is 0.0879. The highest BCUT2D eigenvalue weighted by Crippen LogP contribution is 2.07. The zero-order valence-electron chi connectivity index (χ0n) is 12.0. The number of aryl methyl sites for hydroxylation is 5. The second kappa shape index (κ2) is 5.38. The molecule has 2 rings (SSSR count). The number of hydrogen-bond acceptors (Lipinski definition) is 3. The van der Waals surface area contributed by atoms with Crippen molar-refractivity contribution in [1.82, 2.24) is 19.6 Å². The molecule has 0 radical (unpaired) electrons. The van der Waals surface area contributed by atoms with Crippen LogP contribution in [0.2, 0.25) is 0 Å². The Labute approximate surface area is 113 Å². The molecule has 0 saturated heterocycles. The third kappa shape index (κ3) is 3.10.